The number of unbranched alkanes of at least 4 members (excludes halogenated alkanes) is 2. The maximum absolute atomic E-state index is 12.3. The summed E-state index contributed by atoms with van der Waals surface area (Å²) in [5.41, 5.74) is 3.15. The zero-order valence-corrected chi connectivity index (χ0v) is 22.4. The first-order valence-corrected chi connectivity index (χ1v) is 13.1. The van der Waals surface area contributed by atoms with Gasteiger partial charge in [-0.25, -0.2) is 14.4 Å². The van der Waals surface area contributed by atoms with Gasteiger partial charge in [-0.1, -0.05) is 25.3 Å². The topological polar surface area (TPSA) is 95.3 Å². The monoisotopic (exact) mass is 533 g/mol. The molecule has 0 amide bonds. The van der Waals surface area contributed by atoms with E-state index >= 15 is 0 Å². The Morgan fingerprint density at radius 2 is 1.44 bits per heavy atom. The fourth-order valence-electron chi connectivity index (χ4n) is 3.92. The molecule has 0 aliphatic rings. The van der Waals surface area contributed by atoms with E-state index in [1.807, 2.05) is 30.3 Å². The van der Waals surface area contributed by atoms with Crippen molar-refractivity contribution < 1.29 is 33.0 Å². The Balaban J connectivity index is 1.53. The van der Waals surface area contributed by atoms with Gasteiger partial charge in [0.25, 0.3) is 0 Å². The van der Waals surface area contributed by atoms with Crippen LogP contribution < -0.4 is 4.90 Å². The molecule has 3 aromatic rings. The van der Waals surface area contributed by atoms with Crippen LogP contribution in [-0.4, -0.2) is 50.8 Å². The molecule has 0 bridgehead atoms. The van der Waals surface area contributed by atoms with Gasteiger partial charge >= 0.3 is 17.9 Å². The maximum Gasteiger partial charge on any atom is 0.338 e. The van der Waals surface area contributed by atoms with E-state index in [4.69, 9.17) is 18.6 Å². The third kappa shape index (κ3) is 8.88. The van der Waals surface area contributed by atoms with Gasteiger partial charge in [0.2, 0.25) is 0 Å². The lowest BCUT2D eigenvalue weighted by Gasteiger charge is -2.23. The van der Waals surface area contributed by atoms with Crippen LogP contribution in [-0.2, 0) is 23.8 Å². The van der Waals surface area contributed by atoms with E-state index in [1.54, 1.807) is 12.1 Å². The second-order valence-electron chi connectivity index (χ2n) is 8.78. The number of esters is 3. The van der Waals surface area contributed by atoms with E-state index in [0.29, 0.717) is 30.8 Å². The van der Waals surface area contributed by atoms with Crippen LogP contribution in [0.2, 0.25) is 0 Å². The smallest absolute Gasteiger partial charge is 0.338 e. The first kappa shape index (κ1) is 29.2. The molecule has 0 spiro atoms. The zero-order valence-electron chi connectivity index (χ0n) is 22.4. The molecule has 0 aliphatic heterocycles. The molecule has 1 heterocycles. The van der Waals surface area contributed by atoms with Gasteiger partial charge in [-0.15, -0.1) is 0 Å². The Morgan fingerprint density at radius 3 is 2.05 bits per heavy atom. The normalized spacial score (nSPS) is 10.6. The molecule has 206 valence electrons. The lowest BCUT2D eigenvalue weighted by Crippen LogP contribution is -2.24. The number of carbonyl (C=O) groups is 3. The number of hydrogen-bond acceptors (Lipinski definition) is 8. The molecule has 39 heavy (non-hydrogen) atoms. The first-order chi connectivity index (χ1) is 18.9. The van der Waals surface area contributed by atoms with Crippen LogP contribution in [0, 0.1) is 0 Å². The van der Waals surface area contributed by atoms with Crippen LogP contribution in [0.1, 0.15) is 43.0 Å². The molecular weight excluding hydrogens is 498 g/mol. The number of anilines is 1. The van der Waals surface area contributed by atoms with Crippen molar-refractivity contribution in [1.82, 2.24) is 0 Å². The Labute approximate surface area is 228 Å². The van der Waals surface area contributed by atoms with Crippen molar-refractivity contribution in [3.63, 3.8) is 0 Å². The molecule has 8 heteroatoms. The highest BCUT2D eigenvalue weighted by atomic mass is 16.5. The number of ether oxygens (including phenoxy) is 3. The summed E-state index contributed by atoms with van der Waals surface area (Å²) in [4.78, 5) is 36.7. The van der Waals surface area contributed by atoms with E-state index in [-0.39, 0.29) is 13.2 Å². The second-order valence-corrected chi connectivity index (χ2v) is 8.78. The van der Waals surface area contributed by atoms with Crippen molar-refractivity contribution in [2.45, 2.75) is 32.6 Å². The minimum atomic E-state index is -0.461. The minimum absolute atomic E-state index is 0.246. The Kier molecular flexibility index (Phi) is 11.4. The highest BCUT2D eigenvalue weighted by molar-refractivity contribution is 5.90. The van der Waals surface area contributed by atoms with Crippen LogP contribution in [0.25, 0.3) is 22.3 Å². The van der Waals surface area contributed by atoms with Gasteiger partial charge in [-0.3, -0.25) is 0 Å². The van der Waals surface area contributed by atoms with E-state index in [2.05, 4.69) is 31.0 Å². The lowest BCUT2D eigenvalue weighted by atomic mass is 10.1. The summed E-state index contributed by atoms with van der Waals surface area (Å²) >= 11 is 0. The number of benzene rings is 2. The molecule has 0 fully saturated rings. The Bertz CT molecular complexity index is 1280. The molecule has 2 aromatic carbocycles. The maximum atomic E-state index is 12.3. The standard InChI is InChI=1S/C31H35NO7/c1-4-29(33)36-18-8-7-17-32(6-3)26-16-15-25-21-27(39-28(25)22-26)23-11-13-24(14-12-23)31(35)38-20-10-9-19-37-30(34)5-2/h4-5,11-16,21-22H,1-2,6-10,17-20H2,3H3. The predicted octanol–water partition coefficient (Wildman–Crippen LogP) is 6.10. The largest absolute Gasteiger partial charge is 0.463 e. The van der Waals surface area contributed by atoms with Gasteiger partial charge in [0.05, 0.1) is 25.4 Å². The Morgan fingerprint density at radius 1 is 0.821 bits per heavy atom. The lowest BCUT2D eigenvalue weighted by molar-refractivity contribution is -0.138. The third-order valence-corrected chi connectivity index (χ3v) is 6.07. The summed E-state index contributed by atoms with van der Waals surface area (Å²) in [6.07, 6.45) is 5.15. The van der Waals surface area contributed by atoms with Gasteiger partial charge < -0.3 is 23.5 Å². The van der Waals surface area contributed by atoms with Gasteiger partial charge in [0, 0.05) is 47.9 Å². The van der Waals surface area contributed by atoms with Crippen LogP contribution in [0.3, 0.4) is 0 Å². The zero-order chi connectivity index (χ0) is 28.0. The number of furan rings is 1. The van der Waals surface area contributed by atoms with Crippen LogP contribution in [0.15, 0.2) is 78.3 Å². The molecule has 1 aromatic heterocycles. The molecule has 8 nitrogen and oxygen atoms in total. The van der Waals surface area contributed by atoms with Gasteiger partial charge in [0.15, 0.2) is 0 Å². The fourth-order valence-corrected chi connectivity index (χ4v) is 3.92. The van der Waals surface area contributed by atoms with Crippen molar-refractivity contribution in [3.8, 4) is 11.3 Å². The summed E-state index contributed by atoms with van der Waals surface area (Å²) in [5, 5.41) is 0.989. The second kappa shape index (κ2) is 15.2. The van der Waals surface area contributed by atoms with Crippen molar-refractivity contribution >= 4 is 34.6 Å². The number of nitrogens with zero attached hydrogens (tertiary/aromatic N) is 1. The highest BCUT2D eigenvalue weighted by Gasteiger charge is 2.12. The SMILES string of the molecule is C=CC(=O)OCCCCOC(=O)c1ccc(-c2cc3ccc(N(CC)CCCCOC(=O)C=C)cc3o2)cc1. The number of rotatable bonds is 16. The predicted molar refractivity (Wildman–Crippen MR) is 151 cm³/mol. The average molecular weight is 534 g/mol. The summed E-state index contributed by atoms with van der Waals surface area (Å²) in [5.74, 6) is -0.550. The van der Waals surface area contributed by atoms with Gasteiger partial charge in [-0.05, 0) is 62.9 Å². The molecule has 3 rings (SSSR count). The number of fused-ring (bicyclic) bond motifs is 1. The van der Waals surface area contributed by atoms with Gasteiger partial charge in [0.1, 0.15) is 11.3 Å². The molecule has 0 atom stereocenters. The van der Waals surface area contributed by atoms with Crippen molar-refractivity contribution in [3.05, 3.63) is 79.4 Å². The highest BCUT2D eigenvalue weighted by Crippen LogP contribution is 2.31. The summed E-state index contributed by atoms with van der Waals surface area (Å²) < 4.78 is 21.4. The molecule has 0 saturated carbocycles. The van der Waals surface area contributed by atoms with Gasteiger partial charge in [-0.2, -0.15) is 0 Å². The minimum Gasteiger partial charge on any atom is -0.463 e. The third-order valence-electron chi connectivity index (χ3n) is 6.07. The molecule has 0 aliphatic carbocycles. The summed E-state index contributed by atoms with van der Waals surface area (Å²) in [6, 6.07) is 15.2. The summed E-state index contributed by atoms with van der Waals surface area (Å²) in [6.45, 7) is 11.4. The van der Waals surface area contributed by atoms with Crippen molar-refractivity contribution in [2.75, 3.05) is 37.8 Å². The van der Waals surface area contributed by atoms with E-state index in [1.165, 1.54) is 6.08 Å². The van der Waals surface area contributed by atoms with E-state index in [0.717, 1.165) is 54.2 Å². The molecule has 0 N–H and O–H groups in total. The van der Waals surface area contributed by atoms with Crippen LogP contribution in [0.5, 0.6) is 0 Å². The van der Waals surface area contributed by atoms with Crippen LogP contribution in [0.4, 0.5) is 5.69 Å². The van der Waals surface area contributed by atoms with Crippen molar-refractivity contribution in [2.24, 2.45) is 0 Å². The summed E-state index contributed by atoms with van der Waals surface area (Å²) in [7, 11) is 0. The molecule has 0 unspecified atom stereocenters. The number of carbonyl (C=O) groups excluding carboxylic acids is 3. The van der Waals surface area contributed by atoms with E-state index in [9.17, 15) is 14.4 Å². The van der Waals surface area contributed by atoms with E-state index < -0.39 is 17.9 Å². The molecule has 0 radical (unpaired) electrons. The molecular formula is C31H35NO7. The number of hydrogen-bond donors (Lipinski definition) is 0. The Hall–Kier alpha value is -4.33. The van der Waals surface area contributed by atoms with Crippen molar-refractivity contribution in [1.29, 1.82) is 0 Å². The average Bonchev–Trinajstić information content (AvgIpc) is 3.40. The first-order valence-electron chi connectivity index (χ1n) is 13.1. The van der Waals surface area contributed by atoms with Crippen LogP contribution >= 0.6 is 0 Å². The molecule has 0 saturated heterocycles. The quantitative estimate of drug-likeness (QED) is 0.0943. The fraction of sp³-hybridized carbons (Fsp3) is 0.323.